The lowest BCUT2D eigenvalue weighted by Crippen LogP contribution is -2.41. The molecule has 98 valence electrons. The van der Waals surface area contributed by atoms with Gasteiger partial charge in [0.05, 0.1) is 5.75 Å². The molecular formula is C10H25N3O2S. The summed E-state index contributed by atoms with van der Waals surface area (Å²) in [7, 11) is 6.02. The quantitative estimate of drug-likeness (QED) is 0.626. The predicted molar refractivity (Wildman–Crippen MR) is 68.1 cm³/mol. The Balaban J connectivity index is 4.20. The zero-order chi connectivity index (χ0) is 12.9. The molecule has 1 atom stereocenters. The van der Waals surface area contributed by atoms with Crippen LogP contribution in [0.5, 0.6) is 0 Å². The van der Waals surface area contributed by atoms with E-state index in [-0.39, 0.29) is 11.8 Å². The fourth-order valence-corrected chi connectivity index (χ4v) is 2.32. The van der Waals surface area contributed by atoms with E-state index in [0.717, 1.165) is 13.1 Å². The van der Waals surface area contributed by atoms with Crippen molar-refractivity contribution < 1.29 is 8.42 Å². The fraction of sp³-hybridized carbons (Fsp3) is 1.00. The topological polar surface area (TPSA) is 43.9 Å². The molecule has 0 aromatic carbocycles. The Morgan fingerprint density at radius 2 is 1.50 bits per heavy atom. The van der Waals surface area contributed by atoms with Gasteiger partial charge in [-0.1, -0.05) is 0 Å². The molecule has 0 radical (unpaired) electrons. The third kappa shape index (κ3) is 5.79. The van der Waals surface area contributed by atoms with Crippen molar-refractivity contribution in [2.45, 2.75) is 13.0 Å². The molecule has 0 amide bonds. The molecule has 6 heteroatoms. The molecule has 0 bridgehead atoms. The van der Waals surface area contributed by atoms with E-state index >= 15 is 0 Å². The molecule has 0 aliphatic rings. The highest BCUT2D eigenvalue weighted by Crippen LogP contribution is 2.03. The van der Waals surface area contributed by atoms with Gasteiger partial charge in [0.2, 0.25) is 10.0 Å². The van der Waals surface area contributed by atoms with Crippen molar-refractivity contribution in [1.82, 2.24) is 14.1 Å². The molecule has 0 N–H and O–H groups in total. The normalized spacial score (nSPS) is 15.1. The van der Waals surface area contributed by atoms with Crippen molar-refractivity contribution in [3.05, 3.63) is 0 Å². The summed E-state index contributed by atoms with van der Waals surface area (Å²) >= 11 is 0. The standard InChI is InChI=1S/C10H25N3O2S/c1-10(9-16(14,15)12(4)5)13(6)8-7-11(2)3/h10H,7-9H2,1-6H3. The molecule has 0 spiro atoms. The lowest BCUT2D eigenvalue weighted by molar-refractivity contribution is 0.241. The first kappa shape index (κ1) is 15.8. The van der Waals surface area contributed by atoms with Crippen molar-refractivity contribution in [1.29, 1.82) is 0 Å². The summed E-state index contributed by atoms with van der Waals surface area (Å²) in [5.74, 6) is 0.171. The van der Waals surface area contributed by atoms with E-state index in [1.54, 1.807) is 14.1 Å². The van der Waals surface area contributed by atoms with Gasteiger partial charge < -0.3 is 9.80 Å². The van der Waals surface area contributed by atoms with Gasteiger partial charge in [0, 0.05) is 33.2 Å². The number of hydrogen-bond acceptors (Lipinski definition) is 4. The number of rotatable bonds is 7. The molecule has 5 nitrogen and oxygen atoms in total. The van der Waals surface area contributed by atoms with Gasteiger partial charge in [-0.25, -0.2) is 12.7 Å². The van der Waals surface area contributed by atoms with Gasteiger partial charge in [0.1, 0.15) is 0 Å². The van der Waals surface area contributed by atoms with Crippen LogP contribution in [0.1, 0.15) is 6.92 Å². The van der Waals surface area contributed by atoms with Crippen LogP contribution in [0.3, 0.4) is 0 Å². The van der Waals surface area contributed by atoms with Crippen molar-refractivity contribution in [2.24, 2.45) is 0 Å². The molecule has 0 rings (SSSR count). The van der Waals surface area contributed by atoms with Gasteiger partial charge in [-0.3, -0.25) is 0 Å². The van der Waals surface area contributed by atoms with Crippen LogP contribution in [0, 0.1) is 0 Å². The molecule has 0 aliphatic carbocycles. The van der Waals surface area contributed by atoms with Crippen molar-refractivity contribution in [3.63, 3.8) is 0 Å². The lowest BCUT2D eigenvalue weighted by atomic mass is 10.3. The zero-order valence-corrected chi connectivity index (χ0v) is 12.1. The predicted octanol–water partition coefficient (Wildman–Crippen LogP) is -0.240. The van der Waals surface area contributed by atoms with E-state index in [0.29, 0.717) is 0 Å². The number of nitrogens with zero attached hydrogens (tertiary/aromatic N) is 3. The van der Waals surface area contributed by atoms with Crippen molar-refractivity contribution >= 4 is 10.0 Å². The van der Waals surface area contributed by atoms with Crippen LogP contribution in [-0.2, 0) is 10.0 Å². The average Bonchev–Trinajstić information content (AvgIpc) is 2.12. The summed E-state index contributed by atoms with van der Waals surface area (Å²) < 4.78 is 24.6. The summed E-state index contributed by atoms with van der Waals surface area (Å²) in [4.78, 5) is 4.16. The second-order valence-electron chi connectivity index (χ2n) is 4.69. The first-order valence-electron chi connectivity index (χ1n) is 5.42. The minimum atomic E-state index is -3.10. The van der Waals surface area contributed by atoms with Crippen LogP contribution >= 0.6 is 0 Å². The SMILES string of the molecule is CC(CS(=O)(=O)N(C)C)N(C)CCN(C)C. The molecule has 0 saturated heterocycles. The Morgan fingerprint density at radius 3 is 1.88 bits per heavy atom. The van der Waals surface area contributed by atoms with E-state index in [4.69, 9.17) is 0 Å². The van der Waals surface area contributed by atoms with E-state index in [9.17, 15) is 8.42 Å². The molecule has 1 unspecified atom stereocenters. The van der Waals surface area contributed by atoms with E-state index in [2.05, 4.69) is 9.80 Å². The van der Waals surface area contributed by atoms with E-state index < -0.39 is 10.0 Å². The molecule has 0 aliphatic heterocycles. The lowest BCUT2D eigenvalue weighted by Gasteiger charge is -2.26. The van der Waals surface area contributed by atoms with Gasteiger partial charge in [0.25, 0.3) is 0 Å². The van der Waals surface area contributed by atoms with E-state index in [1.807, 2.05) is 28.1 Å². The van der Waals surface area contributed by atoms with Crippen LogP contribution in [0.2, 0.25) is 0 Å². The van der Waals surface area contributed by atoms with Crippen molar-refractivity contribution in [3.8, 4) is 0 Å². The van der Waals surface area contributed by atoms with Gasteiger partial charge in [-0.2, -0.15) is 0 Å². The van der Waals surface area contributed by atoms with Gasteiger partial charge >= 0.3 is 0 Å². The first-order chi connectivity index (χ1) is 7.16. The summed E-state index contributed by atoms with van der Waals surface area (Å²) in [6.45, 7) is 3.75. The minimum absolute atomic E-state index is 0.0346. The number of likely N-dealkylation sites (N-methyl/N-ethyl adjacent to an activating group) is 2. The Kier molecular flexibility index (Phi) is 6.47. The maximum Gasteiger partial charge on any atom is 0.215 e. The van der Waals surface area contributed by atoms with Crippen LogP contribution < -0.4 is 0 Å². The maximum absolute atomic E-state index is 11.7. The molecule has 16 heavy (non-hydrogen) atoms. The maximum atomic E-state index is 11.7. The fourth-order valence-electron chi connectivity index (χ4n) is 1.16. The second-order valence-corrected chi connectivity index (χ2v) is 6.92. The first-order valence-corrected chi connectivity index (χ1v) is 7.03. The molecular weight excluding hydrogens is 226 g/mol. The smallest absolute Gasteiger partial charge is 0.215 e. The number of hydrogen-bond donors (Lipinski definition) is 0. The summed E-state index contributed by atoms with van der Waals surface area (Å²) in [6.07, 6.45) is 0. The minimum Gasteiger partial charge on any atom is -0.308 e. The van der Waals surface area contributed by atoms with Crippen LogP contribution in [0.4, 0.5) is 0 Å². The summed E-state index contributed by atoms with van der Waals surface area (Å²) in [6, 6.07) is 0.0346. The third-order valence-corrected chi connectivity index (χ3v) is 4.68. The Labute approximate surface area is 100 Å². The molecule has 0 heterocycles. The summed E-state index contributed by atoms with van der Waals surface area (Å²) in [5, 5.41) is 0. The van der Waals surface area contributed by atoms with Crippen molar-refractivity contribution in [2.75, 3.05) is 54.1 Å². The molecule has 0 aromatic heterocycles. The van der Waals surface area contributed by atoms with Gasteiger partial charge in [0.15, 0.2) is 0 Å². The number of sulfonamides is 1. The largest absolute Gasteiger partial charge is 0.308 e. The van der Waals surface area contributed by atoms with Gasteiger partial charge in [-0.05, 0) is 28.1 Å². The van der Waals surface area contributed by atoms with E-state index in [1.165, 1.54) is 4.31 Å². The Morgan fingerprint density at radius 1 is 1.00 bits per heavy atom. The highest BCUT2D eigenvalue weighted by atomic mass is 32.2. The Hall–Kier alpha value is -0.170. The van der Waals surface area contributed by atoms with Crippen LogP contribution in [0.15, 0.2) is 0 Å². The average molecular weight is 251 g/mol. The monoisotopic (exact) mass is 251 g/mol. The van der Waals surface area contributed by atoms with Crippen LogP contribution in [-0.4, -0.2) is 82.6 Å². The molecule has 0 fully saturated rings. The van der Waals surface area contributed by atoms with Crippen LogP contribution in [0.25, 0.3) is 0 Å². The molecule has 0 aromatic rings. The van der Waals surface area contributed by atoms with Gasteiger partial charge in [-0.15, -0.1) is 0 Å². The molecule has 0 saturated carbocycles. The Bertz CT molecular complexity index is 288. The highest BCUT2D eigenvalue weighted by Gasteiger charge is 2.20. The summed E-state index contributed by atoms with van der Waals surface area (Å²) in [5.41, 5.74) is 0. The zero-order valence-electron chi connectivity index (χ0n) is 11.3. The second kappa shape index (κ2) is 6.54. The third-order valence-electron chi connectivity index (χ3n) is 2.66. The highest BCUT2D eigenvalue weighted by molar-refractivity contribution is 7.89.